The Bertz CT molecular complexity index is 1150. The maximum atomic E-state index is 12.1. The Balaban J connectivity index is 1.81. The Labute approximate surface area is 169 Å². The highest BCUT2D eigenvalue weighted by atomic mass is 32.2. The largest absolute Gasteiger partial charge is 0.289 e. The Hall–Kier alpha value is -2.97. The third-order valence-corrected chi connectivity index (χ3v) is 7.16. The normalized spacial score (nSPS) is 14.2. The van der Waals surface area contributed by atoms with Gasteiger partial charge in [-0.1, -0.05) is 48.6 Å². The summed E-state index contributed by atoms with van der Waals surface area (Å²) in [5, 5.41) is 14.2. The third-order valence-electron chi connectivity index (χ3n) is 5.13. The summed E-state index contributed by atoms with van der Waals surface area (Å²) >= 11 is 0. The highest BCUT2D eigenvalue weighted by Crippen LogP contribution is 2.24. The highest BCUT2D eigenvalue weighted by molar-refractivity contribution is 7.92. The number of fused-ring (bicyclic) bond motifs is 1. The van der Waals surface area contributed by atoms with Crippen molar-refractivity contribution in [1.29, 1.82) is 0 Å². The van der Waals surface area contributed by atoms with E-state index < -0.39 is 20.5 Å². The van der Waals surface area contributed by atoms with Crippen LogP contribution in [0.25, 0.3) is 23.1 Å². The van der Waals surface area contributed by atoms with Gasteiger partial charge < -0.3 is 0 Å². The first kappa shape index (κ1) is 20.8. The van der Waals surface area contributed by atoms with Crippen molar-refractivity contribution in [3.63, 3.8) is 0 Å². The van der Waals surface area contributed by atoms with Gasteiger partial charge in [0.25, 0.3) is 5.91 Å². The predicted molar refractivity (Wildman–Crippen MR) is 113 cm³/mol. The molecule has 7 nitrogen and oxygen atoms in total. The topological polar surface area (TPSA) is 101 Å². The Kier molecular flexibility index (Phi) is 5.86. The number of carbonyl (C=O) groups excluding carboxylic acids is 1. The number of nitrogens with zero attached hydrogens (tertiary/aromatic N) is 2. The molecule has 0 saturated heterocycles. The zero-order valence-corrected chi connectivity index (χ0v) is 17.1. The van der Waals surface area contributed by atoms with Crippen LogP contribution in [0.15, 0.2) is 54.7 Å². The Morgan fingerprint density at radius 3 is 2.52 bits per heavy atom. The van der Waals surface area contributed by atoms with Crippen LogP contribution in [0.4, 0.5) is 0 Å². The van der Waals surface area contributed by atoms with Gasteiger partial charge >= 0.3 is 0 Å². The SMILES string of the molecule is C[C@@](CCn1ncc2cc(/C=C/c3ccccc3)ccc21)(C(=O)NO)S(C)(=O)=O. The Morgan fingerprint density at radius 1 is 1.17 bits per heavy atom. The quantitative estimate of drug-likeness (QED) is 0.352. The molecule has 0 radical (unpaired) electrons. The standard InChI is InChI=1S/C21H23N3O4S/c1-21(20(25)23-26,29(2,27)28)12-13-24-19-11-10-17(14-18(19)15-22-24)9-8-16-6-4-3-5-7-16/h3-11,14-15,26H,12-13H2,1-2H3,(H,23,25)/b9-8+/t21-/m1/s1. The number of nitrogens with one attached hydrogen (secondary N) is 1. The van der Waals surface area contributed by atoms with E-state index in [1.165, 1.54) is 12.4 Å². The van der Waals surface area contributed by atoms with Gasteiger partial charge in [-0.2, -0.15) is 5.10 Å². The number of amides is 1. The van der Waals surface area contributed by atoms with Gasteiger partial charge in [-0.15, -0.1) is 0 Å². The molecule has 1 atom stereocenters. The minimum Gasteiger partial charge on any atom is -0.289 e. The van der Waals surface area contributed by atoms with E-state index in [9.17, 15) is 13.2 Å². The number of aryl methyl sites for hydroxylation is 1. The van der Waals surface area contributed by atoms with Crippen LogP contribution in [-0.2, 0) is 21.2 Å². The van der Waals surface area contributed by atoms with Crippen LogP contribution in [0.2, 0.25) is 0 Å². The van der Waals surface area contributed by atoms with E-state index in [2.05, 4.69) is 5.10 Å². The number of aromatic nitrogens is 2. The van der Waals surface area contributed by atoms with Gasteiger partial charge in [0.1, 0.15) is 0 Å². The zero-order valence-electron chi connectivity index (χ0n) is 16.2. The van der Waals surface area contributed by atoms with E-state index in [-0.39, 0.29) is 13.0 Å². The summed E-state index contributed by atoms with van der Waals surface area (Å²) in [7, 11) is -3.75. The number of benzene rings is 2. The average molecular weight is 413 g/mol. The number of sulfone groups is 1. The molecule has 3 aromatic rings. The average Bonchev–Trinajstić information content (AvgIpc) is 3.12. The van der Waals surface area contributed by atoms with Crippen LogP contribution < -0.4 is 5.48 Å². The molecule has 0 aliphatic carbocycles. The number of hydroxylamine groups is 1. The molecule has 0 aliphatic rings. The van der Waals surface area contributed by atoms with Crippen LogP contribution in [-0.4, -0.2) is 40.3 Å². The fourth-order valence-corrected chi connectivity index (χ4v) is 3.89. The molecule has 2 aromatic carbocycles. The van der Waals surface area contributed by atoms with Crippen LogP contribution in [0.5, 0.6) is 0 Å². The molecule has 29 heavy (non-hydrogen) atoms. The first-order valence-electron chi connectivity index (χ1n) is 9.07. The second kappa shape index (κ2) is 8.18. The van der Waals surface area contributed by atoms with Crippen molar-refractivity contribution in [2.75, 3.05) is 6.26 Å². The number of rotatable bonds is 7. The second-order valence-electron chi connectivity index (χ2n) is 7.12. The van der Waals surface area contributed by atoms with E-state index in [1.807, 2.05) is 60.7 Å². The first-order valence-corrected chi connectivity index (χ1v) is 11.0. The fraction of sp³-hybridized carbons (Fsp3) is 0.238. The lowest BCUT2D eigenvalue weighted by Gasteiger charge is -2.25. The first-order chi connectivity index (χ1) is 13.7. The lowest BCUT2D eigenvalue weighted by atomic mass is 10.1. The fourth-order valence-electron chi connectivity index (χ4n) is 3.05. The molecular weight excluding hydrogens is 390 g/mol. The maximum Gasteiger partial charge on any atom is 0.264 e. The van der Waals surface area contributed by atoms with Gasteiger partial charge in [0.2, 0.25) is 0 Å². The van der Waals surface area contributed by atoms with Crippen LogP contribution in [0, 0.1) is 0 Å². The van der Waals surface area contributed by atoms with Gasteiger partial charge in [-0.3, -0.25) is 14.7 Å². The summed E-state index contributed by atoms with van der Waals surface area (Å²) in [5.74, 6) is -0.954. The molecule has 8 heteroatoms. The van der Waals surface area contributed by atoms with Gasteiger partial charge in [-0.05, 0) is 36.6 Å². The highest BCUT2D eigenvalue weighted by Gasteiger charge is 2.43. The molecule has 1 amide bonds. The van der Waals surface area contributed by atoms with Crippen molar-refractivity contribution in [1.82, 2.24) is 15.3 Å². The predicted octanol–water partition coefficient (Wildman–Crippen LogP) is 2.91. The summed E-state index contributed by atoms with van der Waals surface area (Å²) in [6.45, 7) is 1.51. The monoisotopic (exact) mass is 413 g/mol. The van der Waals surface area contributed by atoms with E-state index >= 15 is 0 Å². The van der Waals surface area contributed by atoms with E-state index in [4.69, 9.17) is 5.21 Å². The smallest absolute Gasteiger partial charge is 0.264 e. The molecule has 2 N–H and O–H groups in total. The summed E-state index contributed by atoms with van der Waals surface area (Å²) in [6, 6.07) is 15.8. The van der Waals surface area contributed by atoms with Gasteiger partial charge in [0, 0.05) is 18.2 Å². The van der Waals surface area contributed by atoms with Gasteiger partial charge in [0.05, 0.1) is 11.7 Å². The number of carbonyl (C=O) groups is 1. The molecule has 0 saturated carbocycles. The number of hydrogen-bond donors (Lipinski definition) is 2. The second-order valence-corrected chi connectivity index (χ2v) is 9.57. The number of hydrogen-bond acceptors (Lipinski definition) is 5. The molecule has 0 spiro atoms. The molecule has 0 unspecified atom stereocenters. The summed E-state index contributed by atoms with van der Waals surface area (Å²) < 4.78 is 24.1. The molecule has 3 rings (SSSR count). The van der Waals surface area contributed by atoms with Crippen LogP contribution in [0.1, 0.15) is 24.5 Å². The minimum atomic E-state index is -3.75. The minimum absolute atomic E-state index is 0.0231. The van der Waals surface area contributed by atoms with Crippen molar-refractivity contribution in [2.45, 2.75) is 24.6 Å². The molecule has 0 bridgehead atoms. The van der Waals surface area contributed by atoms with Crippen LogP contribution in [0.3, 0.4) is 0 Å². The van der Waals surface area contributed by atoms with Crippen molar-refractivity contribution >= 4 is 38.8 Å². The van der Waals surface area contributed by atoms with E-state index in [1.54, 1.807) is 10.9 Å². The molecule has 0 aliphatic heterocycles. The van der Waals surface area contributed by atoms with E-state index in [0.29, 0.717) is 0 Å². The lowest BCUT2D eigenvalue weighted by Crippen LogP contribution is -2.49. The zero-order chi connectivity index (χ0) is 21.1. The molecule has 0 fully saturated rings. The van der Waals surface area contributed by atoms with Gasteiger partial charge in [0.15, 0.2) is 14.6 Å². The summed E-state index contributed by atoms with van der Waals surface area (Å²) in [6.07, 6.45) is 6.70. The third kappa shape index (κ3) is 4.38. The van der Waals surface area contributed by atoms with Crippen LogP contribution >= 0.6 is 0 Å². The maximum absolute atomic E-state index is 12.1. The summed E-state index contributed by atoms with van der Waals surface area (Å²) in [5.41, 5.74) is 4.41. The Morgan fingerprint density at radius 2 is 1.86 bits per heavy atom. The van der Waals surface area contributed by atoms with Crippen molar-refractivity contribution < 1.29 is 18.4 Å². The van der Waals surface area contributed by atoms with Crippen molar-refractivity contribution in [3.8, 4) is 0 Å². The molecular formula is C21H23N3O4S. The summed E-state index contributed by atoms with van der Waals surface area (Å²) in [4.78, 5) is 12.0. The van der Waals surface area contributed by atoms with Crippen molar-refractivity contribution in [3.05, 3.63) is 65.9 Å². The lowest BCUT2D eigenvalue weighted by molar-refractivity contribution is -0.131. The molecule has 1 heterocycles. The molecule has 152 valence electrons. The van der Waals surface area contributed by atoms with Gasteiger partial charge in [-0.25, -0.2) is 13.9 Å². The molecule has 1 aromatic heterocycles. The van der Waals surface area contributed by atoms with Crippen molar-refractivity contribution in [2.24, 2.45) is 0 Å². The van der Waals surface area contributed by atoms with E-state index in [0.717, 1.165) is 28.3 Å².